The minimum atomic E-state index is -3.83. The van der Waals surface area contributed by atoms with Crippen LogP contribution in [-0.4, -0.2) is 34.1 Å². The Hall–Kier alpha value is -4.23. The Bertz CT molecular complexity index is 1300. The number of nitriles is 1. The molecule has 0 saturated carbocycles. The third-order valence-electron chi connectivity index (χ3n) is 4.71. The van der Waals surface area contributed by atoms with Crippen molar-refractivity contribution >= 4 is 33.0 Å². The number of anilines is 3. The molecular weight excluding hydrogens is 444 g/mol. The first-order valence-electron chi connectivity index (χ1n) is 9.99. The van der Waals surface area contributed by atoms with E-state index in [2.05, 4.69) is 15.4 Å². The second-order valence-corrected chi connectivity index (χ2v) is 8.76. The van der Waals surface area contributed by atoms with Gasteiger partial charge in [0, 0.05) is 23.1 Å². The highest BCUT2D eigenvalue weighted by Gasteiger charge is 2.19. The summed E-state index contributed by atoms with van der Waals surface area (Å²) >= 11 is 0. The van der Waals surface area contributed by atoms with E-state index in [1.165, 1.54) is 12.1 Å². The number of sulfonamides is 1. The Labute approximate surface area is 191 Å². The van der Waals surface area contributed by atoms with E-state index in [1.54, 1.807) is 54.6 Å². The first-order valence-corrected chi connectivity index (χ1v) is 11.5. The monoisotopic (exact) mass is 464 g/mol. The molecule has 1 heterocycles. The van der Waals surface area contributed by atoms with Crippen molar-refractivity contribution in [3.8, 4) is 17.6 Å². The van der Waals surface area contributed by atoms with E-state index >= 15 is 0 Å². The summed E-state index contributed by atoms with van der Waals surface area (Å²) in [5.41, 5.74) is 2.12. The second-order valence-electron chi connectivity index (χ2n) is 7.08. The molecule has 1 amide bonds. The smallest absolute Gasteiger partial charge is 0.262 e. The maximum Gasteiger partial charge on any atom is 0.262 e. The summed E-state index contributed by atoms with van der Waals surface area (Å²) < 4.78 is 38.8. The highest BCUT2D eigenvalue weighted by atomic mass is 32.2. The Balaban J connectivity index is 1.33. The normalized spacial score (nSPS) is 12.3. The number of hydrogen-bond donors (Lipinski definition) is 3. The van der Waals surface area contributed by atoms with E-state index in [9.17, 15) is 13.2 Å². The molecule has 3 aromatic carbocycles. The number of benzene rings is 3. The van der Waals surface area contributed by atoms with E-state index < -0.39 is 10.0 Å². The number of amides is 1. The van der Waals surface area contributed by atoms with Gasteiger partial charge in [0.1, 0.15) is 13.2 Å². The zero-order valence-corrected chi connectivity index (χ0v) is 18.2. The van der Waals surface area contributed by atoms with Crippen LogP contribution in [0.5, 0.6) is 11.5 Å². The summed E-state index contributed by atoms with van der Waals surface area (Å²) in [5, 5.41) is 14.5. The van der Waals surface area contributed by atoms with E-state index in [-0.39, 0.29) is 17.3 Å². The first kappa shape index (κ1) is 22.0. The zero-order valence-electron chi connectivity index (χ0n) is 17.4. The molecule has 3 aromatic rings. The second kappa shape index (κ2) is 9.50. The molecule has 168 valence electrons. The molecule has 0 radical (unpaired) electrons. The van der Waals surface area contributed by atoms with Crippen LogP contribution in [0.1, 0.15) is 5.56 Å². The van der Waals surface area contributed by atoms with Gasteiger partial charge in [0.2, 0.25) is 5.91 Å². The molecule has 0 atom stereocenters. The van der Waals surface area contributed by atoms with Gasteiger partial charge in [-0.1, -0.05) is 0 Å². The molecule has 10 heteroatoms. The largest absolute Gasteiger partial charge is 0.486 e. The van der Waals surface area contributed by atoms with Crippen molar-refractivity contribution in [2.75, 3.05) is 35.1 Å². The molecule has 0 fully saturated rings. The van der Waals surface area contributed by atoms with Gasteiger partial charge in [0.15, 0.2) is 11.5 Å². The van der Waals surface area contributed by atoms with Crippen molar-refractivity contribution in [2.24, 2.45) is 0 Å². The summed E-state index contributed by atoms with van der Waals surface area (Å²) in [4.78, 5) is 12.2. The Morgan fingerprint density at radius 1 is 0.879 bits per heavy atom. The molecule has 0 spiro atoms. The van der Waals surface area contributed by atoms with Gasteiger partial charge in [0.05, 0.1) is 23.1 Å². The van der Waals surface area contributed by atoms with Crippen LogP contribution in [-0.2, 0) is 14.8 Å². The van der Waals surface area contributed by atoms with Crippen molar-refractivity contribution < 1.29 is 22.7 Å². The maximum absolute atomic E-state index is 12.7. The molecule has 1 aliphatic heterocycles. The molecule has 9 nitrogen and oxygen atoms in total. The van der Waals surface area contributed by atoms with E-state index in [0.717, 1.165) is 0 Å². The van der Waals surface area contributed by atoms with Crippen molar-refractivity contribution in [3.63, 3.8) is 0 Å². The molecule has 33 heavy (non-hydrogen) atoms. The highest BCUT2D eigenvalue weighted by molar-refractivity contribution is 7.92. The topological polar surface area (TPSA) is 130 Å². The molecule has 4 rings (SSSR count). The van der Waals surface area contributed by atoms with E-state index in [4.69, 9.17) is 14.7 Å². The summed E-state index contributed by atoms with van der Waals surface area (Å²) in [6.45, 7) is 0.816. The van der Waals surface area contributed by atoms with Crippen LogP contribution in [0.25, 0.3) is 0 Å². The van der Waals surface area contributed by atoms with E-state index in [0.29, 0.717) is 47.3 Å². The Morgan fingerprint density at radius 3 is 2.21 bits per heavy atom. The van der Waals surface area contributed by atoms with Gasteiger partial charge < -0.3 is 20.1 Å². The summed E-state index contributed by atoms with van der Waals surface area (Å²) in [6, 6.07) is 19.5. The molecular formula is C23H20N4O5S. The van der Waals surface area contributed by atoms with Crippen LogP contribution in [0.2, 0.25) is 0 Å². The van der Waals surface area contributed by atoms with Gasteiger partial charge in [-0.25, -0.2) is 8.42 Å². The fraction of sp³-hybridized carbons (Fsp3) is 0.130. The lowest BCUT2D eigenvalue weighted by molar-refractivity contribution is -0.114. The molecule has 0 unspecified atom stereocenters. The molecule has 3 N–H and O–H groups in total. The number of fused-ring (bicyclic) bond motifs is 1. The van der Waals surface area contributed by atoms with E-state index in [1.807, 2.05) is 6.07 Å². The first-order chi connectivity index (χ1) is 15.9. The van der Waals surface area contributed by atoms with Crippen molar-refractivity contribution in [2.45, 2.75) is 4.90 Å². The van der Waals surface area contributed by atoms with Crippen molar-refractivity contribution in [3.05, 3.63) is 72.3 Å². The third kappa shape index (κ3) is 5.53. The van der Waals surface area contributed by atoms with Crippen molar-refractivity contribution in [1.82, 2.24) is 0 Å². The van der Waals surface area contributed by atoms with Crippen LogP contribution < -0.4 is 24.8 Å². The van der Waals surface area contributed by atoms with Crippen LogP contribution in [0.15, 0.2) is 71.6 Å². The lowest BCUT2D eigenvalue weighted by Crippen LogP contribution is -2.21. The number of rotatable bonds is 7. The van der Waals surface area contributed by atoms with Gasteiger partial charge in [0.25, 0.3) is 10.0 Å². The summed E-state index contributed by atoms with van der Waals surface area (Å²) in [5.74, 6) is 0.620. The van der Waals surface area contributed by atoms with Crippen LogP contribution in [0.4, 0.5) is 17.1 Å². The number of nitrogens with one attached hydrogen (secondary N) is 3. The lowest BCUT2D eigenvalue weighted by Gasteiger charge is -2.19. The maximum atomic E-state index is 12.7. The third-order valence-corrected chi connectivity index (χ3v) is 6.09. The van der Waals surface area contributed by atoms with Gasteiger partial charge in [-0.05, 0) is 60.7 Å². The SMILES string of the molecule is N#Cc1ccc(NCC(=O)Nc2ccc(NS(=O)(=O)c3ccc4c(c3)OCCO4)cc2)cc1. The average Bonchev–Trinajstić information content (AvgIpc) is 2.84. The quantitative estimate of drug-likeness (QED) is 0.490. The van der Waals surface area contributed by atoms with Gasteiger partial charge in [-0.3, -0.25) is 9.52 Å². The van der Waals surface area contributed by atoms with Crippen molar-refractivity contribution in [1.29, 1.82) is 5.26 Å². The number of ether oxygens (including phenoxy) is 2. The van der Waals surface area contributed by atoms with Gasteiger partial charge >= 0.3 is 0 Å². The fourth-order valence-electron chi connectivity index (χ4n) is 3.08. The number of carbonyl (C=O) groups is 1. The minimum Gasteiger partial charge on any atom is -0.486 e. The highest BCUT2D eigenvalue weighted by Crippen LogP contribution is 2.32. The molecule has 0 saturated heterocycles. The predicted molar refractivity (Wildman–Crippen MR) is 123 cm³/mol. The Morgan fingerprint density at radius 2 is 1.52 bits per heavy atom. The van der Waals surface area contributed by atoms with Gasteiger partial charge in [-0.15, -0.1) is 0 Å². The standard InChI is InChI=1S/C23H20N4O5S/c24-14-16-1-3-17(4-2-16)25-15-23(28)26-18-5-7-19(8-6-18)27-33(29,30)20-9-10-21-22(13-20)32-12-11-31-21/h1-10,13,25,27H,11-12,15H2,(H,26,28). The Kier molecular flexibility index (Phi) is 6.33. The van der Waals surface area contributed by atoms with Crippen LogP contribution in [0.3, 0.4) is 0 Å². The van der Waals surface area contributed by atoms with Gasteiger partial charge in [-0.2, -0.15) is 5.26 Å². The van der Waals surface area contributed by atoms with Crippen LogP contribution in [0, 0.1) is 11.3 Å². The lowest BCUT2D eigenvalue weighted by atomic mass is 10.2. The average molecular weight is 465 g/mol. The molecule has 1 aliphatic rings. The molecule has 0 bridgehead atoms. The summed E-state index contributed by atoms with van der Waals surface area (Å²) in [6.07, 6.45) is 0. The summed E-state index contributed by atoms with van der Waals surface area (Å²) in [7, 11) is -3.83. The predicted octanol–water partition coefficient (Wildman–Crippen LogP) is 3.18. The molecule has 0 aliphatic carbocycles. The molecule has 0 aromatic heterocycles. The fourth-order valence-corrected chi connectivity index (χ4v) is 4.15. The zero-order chi connectivity index (χ0) is 23.3. The number of carbonyl (C=O) groups excluding carboxylic acids is 1. The number of hydrogen-bond acceptors (Lipinski definition) is 7. The van der Waals surface area contributed by atoms with Crippen LogP contribution >= 0.6 is 0 Å². The minimum absolute atomic E-state index is 0.0321. The number of nitrogens with zero attached hydrogens (tertiary/aromatic N) is 1.